The quantitative estimate of drug-likeness (QED) is 0.815. The molecule has 1 aliphatic carbocycles. The minimum Gasteiger partial charge on any atom is -0.481 e. The molecule has 1 fully saturated rings. The van der Waals surface area contributed by atoms with Crippen molar-refractivity contribution < 1.29 is 14.7 Å². The number of aliphatic carboxylic acids is 1. The number of hydrogen-bond acceptors (Lipinski definition) is 4. The number of thiazole rings is 1. The second kappa shape index (κ2) is 4.83. The Morgan fingerprint density at radius 1 is 1.59 bits per heavy atom. The van der Waals surface area contributed by atoms with Crippen LogP contribution in [-0.2, 0) is 16.0 Å². The number of hydrogen-bond donors (Lipinski definition) is 2. The average molecular weight is 254 g/mol. The number of nitrogens with zero attached hydrogens (tertiary/aromatic N) is 1. The molecule has 2 atom stereocenters. The van der Waals surface area contributed by atoms with Gasteiger partial charge in [-0.05, 0) is 13.3 Å². The van der Waals surface area contributed by atoms with Crippen LogP contribution in [-0.4, -0.2) is 28.5 Å². The van der Waals surface area contributed by atoms with Crippen LogP contribution in [0.5, 0.6) is 0 Å². The van der Waals surface area contributed by atoms with Crippen LogP contribution in [0.2, 0.25) is 0 Å². The van der Waals surface area contributed by atoms with Gasteiger partial charge in [-0.3, -0.25) is 9.59 Å². The van der Waals surface area contributed by atoms with Gasteiger partial charge in [-0.15, -0.1) is 11.3 Å². The fraction of sp³-hybridized carbons (Fsp3) is 0.545. The van der Waals surface area contributed by atoms with Gasteiger partial charge in [0.1, 0.15) is 0 Å². The largest absolute Gasteiger partial charge is 0.481 e. The number of carbonyl (C=O) groups is 2. The lowest BCUT2D eigenvalue weighted by Gasteiger charge is -2.02. The van der Waals surface area contributed by atoms with Gasteiger partial charge in [0.2, 0.25) is 5.91 Å². The monoisotopic (exact) mass is 254 g/mol. The van der Waals surface area contributed by atoms with Crippen molar-refractivity contribution in [1.29, 1.82) is 0 Å². The number of aromatic nitrogens is 1. The summed E-state index contributed by atoms with van der Waals surface area (Å²) in [6, 6.07) is 0. The summed E-state index contributed by atoms with van der Waals surface area (Å²) in [6.45, 7) is 2.45. The lowest BCUT2D eigenvalue weighted by atomic mass is 10.3. The van der Waals surface area contributed by atoms with E-state index in [1.54, 1.807) is 11.3 Å². The fourth-order valence-corrected chi connectivity index (χ4v) is 2.47. The molecular weight excluding hydrogens is 240 g/mol. The molecule has 0 spiro atoms. The molecule has 1 aromatic rings. The molecule has 0 saturated heterocycles. The Morgan fingerprint density at radius 3 is 2.88 bits per heavy atom. The first kappa shape index (κ1) is 12.0. The maximum Gasteiger partial charge on any atom is 0.307 e. The number of nitrogens with one attached hydrogen (secondary N) is 1. The Labute approximate surface area is 103 Å². The van der Waals surface area contributed by atoms with Crippen LogP contribution in [0.25, 0.3) is 0 Å². The van der Waals surface area contributed by atoms with E-state index in [1.807, 2.05) is 12.3 Å². The van der Waals surface area contributed by atoms with E-state index in [0.717, 1.165) is 10.7 Å². The summed E-state index contributed by atoms with van der Waals surface area (Å²) in [7, 11) is 0. The lowest BCUT2D eigenvalue weighted by Crippen LogP contribution is -2.28. The Morgan fingerprint density at radius 2 is 2.35 bits per heavy atom. The SMILES string of the molecule is Cc1csc(CCNC(=O)C2CC2C(=O)O)n1. The van der Waals surface area contributed by atoms with Gasteiger partial charge in [-0.1, -0.05) is 0 Å². The van der Waals surface area contributed by atoms with Crippen molar-refractivity contribution in [3.8, 4) is 0 Å². The first-order chi connectivity index (χ1) is 8.08. The van der Waals surface area contributed by atoms with Crippen LogP contribution in [0.3, 0.4) is 0 Å². The summed E-state index contributed by atoms with van der Waals surface area (Å²) in [5.74, 6) is -1.82. The van der Waals surface area contributed by atoms with Gasteiger partial charge in [0, 0.05) is 24.0 Å². The number of carbonyl (C=O) groups excluding carboxylic acids is 1. The minimum atomic E-state index is -0.874. The zero-order chi connectivity index (χ0) is 12.4. The Hall–Kier alpha value is -1.43. The molecule has 1 heterocycles. The van der Waals surface area contributed by atoms with Crippen LogP contribution < -0.4 is 5.32 Å². The van der Waals surface area contributed by atoms with Crippen LogP contribution in [0.4, 0.5) is 0 Å². The summed E-state index contributed by atoms with van der Waals surface area (Å²) in [4.78, 5) is 26.4. The van der Waals surface area contributed by atoms with E-state index in [9.17, 15) is 9.59 Å². The van der Waals surface area contributed by atoms with Crippen LogP contribution in [0.1, 0.15) is 17.1 Å². The molecule has 5 nitrogen and oxygen atoms in total. The summed E-state index contributed by atoms with van der Waals surface area (Å²) in [5, 5.41) is 14.4. The van der Waals surface area contributed by atoms with Gasteiger partial charge < -0.3 is 10.4 Å². The zero-order valence-electron chi connectivity index (χ0n) is 9.47. The molecule has 0 radical (unpaired) electrons. The average Bonchev–Trinajstić information content (AvgIpc) is 2.97. The molecule has 2 rings (SSSR count). The third kappa shape index (κ3) is 3.03. The Bertz CT molecular complexity index is 444. The van der Waals surface area contributed by atoms with E-state index in [-0.39, 0.29) is 11.8 Å². The standard InChI is InChI=1S/C11H14N2O3S/c1-6-5-17-9(13-6)2-3-12-10(14)7-4-8(7)11(15)16/h5,7-8H,2-4H2,1H3,(H,12,14)(H,15,16). The number of aryl methyl sites for hydroxylation is 1. The minimum absolute atomic E-state index is 0.148. The molecule has 0 bridgehead atoms. The predicted molar refractivity (Wildman–Crippen MR) is 62.8 cm³/mol. The van der Waals surface area contributed by atoms with Crippen molar-refractivity contribution in [3.05, 3.63) is 16.1 Å². The molecule has 1 aromatic heterocycles. The molecule has 17 heavy (non-hydrogen) atoms. The van der Waals surface area contributed by atoms with Gasteiger partial charge >= 0.3 is 5.97 Å². The first-order valence-corrected chi connectivity index (χ1v) is 6.37. The molecule has 2 unspecified atom stereocenters. The highest BCUT2D eigenvalue weighted by Crippen LogP contribution is 2.38. The van der Waals surface area contributed by atoms with Crippen molar-refractivity contribution in [3.63, 3.8) is 0 Å². The predicted octanol–water partition coefficient (Wildman–Crippen LogP) is 0.831. The number of carboxylic acids is 1. The van der Waals surface area contributed by atoms with Gasteiger partial charge in [-0.2, -0.15) is 0 Å². The third-order valence-corrected chi connectivity index (χ3v) is 3.78. The van der Waals surface area contributed by atoms with Gasteiger partial charge in [0.15, 0.2) is 0 Å². The van der Waals surface area contributed by atoms with Crippen LogP contribution >= 0.6 is 11.3 Å². The maximum atomic E-state index is 11.5. The molecule has 2 N–H and O–H groups in total. The van der Waals surface area contributed by atoms with Crippen LogP contribution in [0.15, 0.2) is 5.38 Å². The molecule has 92 valence electrons. The summed E-state index contributed by atoms with van der Waals surface area (Å²) < 4.78 is 0. The molecule has 1 amide bonds. The third-order valence-electron chi connectivity index (χ3n) is 2.75. The molecule has 1 saturated carbocycles. The second-order valence-corrected chi connectivity index (χ2v) is 5.15. The van der Waals surface area contributed by atoms with Crippen molar-refractivity contribution in [2.45, 2.75) is 19.8 Å². The molecule has 0 aromatic carbocycles. The highest BCUT2D eigenvalue weighted by atomic mass is 32.1. The smallest absolute Gasteiger partial charge is 0.307 e. The van der Waals surface area contributed by atoms with Gasteiger partial charge in [-0.25, -0.2) is 4.98 Å². The number of rotatable bonds is 5. The van der Waals surface area contributed by atoms with Crippen molar-refractivity contribution in [1.82, 2.24) is 10.3 Å². The summed E-state index contributed by atoms with van der Waals surface area (Å²) >= 11 is 1.57. The lowest BCUT2D eigenvalue weighted by molar-refractivity contribution is -0.140. The Balaban J connectivity index is 1.69. The molecular formula is C11H14N2O3S. The van der Waals surface area contributed by atoms with E-state index >= 15 is 0 Å². The number of amides is 1. The highest BCUT2D eigenvalue weighted by molar-refractivity contribution is 7.09. The van der Waals surface area contributed by atoms with Gasteiger partial charge in [0.05, 0.1) is 16.8 Å². The van der Waals surface area contributed by atoms with Crippen molar-refractivity contribution in [2.75, 3.05) is 6.54 Å². The summed E-state index contributed by atoms with van der Waals surface area (Å²) in [6.07, 6.45) is 1.17. The first-order valence-electron chi connectivity index (χ1n) is 5.49. The number of carboxylic acid groups (broad SMARTS) is 1. The highest BCUT2D eigenvalue weighted by Gasteiger charge is 2.48. The summed E-state index contributed by atoms with van der Waals surface area (Å²) in [5.41, 5.74) is 0.990. The van der Waals surface area contributed by atoms with Gasteiger partial charge in [0.25, 0.3) is 0 Å². The molecule has 6 heteroatoms. The topological polar surface area (TPSA) is 79.3 Å². The normalized spacial score (nSPS) is 22.2. The van der Waals surface area contributed by atoms with Crippen molar-refractivity contribution in [2.24, 2.45) is 11.8 Å². The van der Waals surface area contributed by atoms with Crippen LogP contribution in [0, 0.1) is 18.8 Å². The fourth-order valence-electron chi connectivity index (χ4n) is 1.70. The van der Waals surface area contributed by atoms with E-state index in [4.69, 9.17) is 5.11 Å². The molecule has 1 aliphatic rings. The van der Waals surface area contributed by atoms with E-state index in [2.05, 4.69) is 10.3 Å². The Kier molecular flexibility index (Phi) is 3.42. The maximum absolute atomic E-state index is 11.5. The second-order valence-electron chi connectivity index (χ2n) is 4.21. The van der Waals surface area contributed by atoms with E-state index < -0.39 is 11.9 Å². The zero-order valence-corrected chi connectivity index (χ0v) is 10.3. The van der Waals surface area contributed by atoms with E-state index in [0.29, 0.717) is 19.4 Å². The van der Waals surface area contributed by atoms with Crippen molar-refractivity contribution >= 4 is 23.2 Å². The van der Waals surface area contributed by atoms with E-state index in [1.165, 1.54) is 0 Å². The molecule has 0 aliphatic heterocycles.